The second-order valence-electron chi connectivity index (χ2n) is 4.59. The van der Waals surface area contributed by atoms with Crippen LogP contribution >= 0.6 is 0 Å². The maximum absolute atomic E-state index is 13.7. The molecule has 1 aromatic carbocycles. The zero-order valence-corrected chi connectivity index (χ0v) is 11.2. The Kier molecular flexibility index (Phi) is 5.23. The lowest BCUT2D eigenvalue weighted by atomic mass is 10.2. The molecule has 0 aromatic heterocycles. The number of amides is 1. The molecule has 0 heterocycles. The summed E-state index contributed by atoms with van der Waals surface area (Å²) in [5.41, 5.74) is 5.44. The van der Waals surface area contributed by atoms with E-state index in [0.717, 1.165) is 0 Å². The first-order chi connectivity index (χ1) is 8.81. The molecule has 4 nitrogen and oxygen atoms in total. The number of primary amides is 1. The van der Waals surface area contributed by atoms with Crippen LogP contribution in [0.15, 0.2) is 12.1 Å². The normalized spacial score (nSPS) is 12.5. The third kappa shape index (κ3) is 4.48. The van der Waals surface area contributed by atoms with Crippen LogP contribution in [0.1, 0.15) is 26.3 Å². The van der Waals surface area contributed by atoms with Crippen molar-refractivity contribution in [2.75, 3.05) is 0 Å². The van der Waals surface area contributed by atoms with Crippen LogP contribution in [0.3, 0.4) is 0 Å². The largest absolute Gasteiger partial charge is 0.475 e. The van der Waals surface area contributed by atoms with Gasteiger partial charge in [-0.25, -0.2) is 8.78 Å². The van der Waals surface area contributed by atoms with Gasteiger partial charge in [-0.15, -0.1) is 0 Å². The molecule has 1 rings (SSSR count). The Labute approximate surface area is 110 Å². The summed E-state index contributed by atoms with van der Waals surface area (Å²) >= 11 is 0. The molecular formula is C13H18F2N2O2. The van der Waals surface area contributed by atoms with Gasteiger partial charge in [-0.05, 0) is 24.6 Å². The Morgan fingerprint density at radius 2 is 1.84 bits per heavy atom. The van der Waals surface area contributed by atoms with Crippen LogP contribution in [0.25, 0.3) is 0 Å². The Balaban J connectivity index is 2.88. The molecule has 1 unspecified atom stereocenters. The van der Waals surface area contributed by atoms with Gasteiger partial charge in [0.25, 0.3) is 5.91 Å². The number of hydrogen-bond donors (Lipinski definition) is 2. The SMILES string of the molecule is CC(C)NCc1cc(F)c(OC(C)C(N)=O)c(F)c1. The molecule has 0 saturated heterocycles. The second-order valence-corrected chi connectivity index (χ2v) is 4.59. The van der Waals surface area contributed by atoms with Gasteiger partial charge in [0, 0.05) is 12.6 Å². The average molecular weight is 272 g/mol. The number of nitrogens with one attached hydrogen (secondary N) is 1. The maximum atomic E-state index is 13.7. The standard InChI is InChI=1S/C13H18F2N2O2/c1-7(2)17-6-9-4-10(14)12(11(15)5-9)19-8(3)13(16)18/h4-5,7-8,17H,6H2,1-3H3,(H2,16,18). The molecular weight excluding hydrogens is 254 g/mol. The first-order valence-electron chi connectivity index (χ1n) is 5.98. The lowest BCUT2D eigenvalue weighted by molar-refractivity contribution is -0.124. The lowest BCUT2D eigenvalue weighted by Crippen LogP contribution is -2.31. The highest BCUT2D eigenvalue weighted by molar-refractivity contribution is 5.78. The number of carbonyl (C=O) groups excluding carboxylic acids is 1. The van der Waals surface area contributed by atoms with Gasteiger partial charge in [-0.1, -0.05) is 13.8 Å². The minimum absolute atomic E-state index is 0.205. The van der Waals surface area contributed by atoms with E-state index in [1.54, 1.807) is 0 Å². The molecule has 1 amide bonds. The van der Waals surface area contributed by atoms with Gasteiger partial charge in [0.2, 0.25) is 0 Å². The minimum atomic E-state index is -1.09. The lowest BCUT2D eigenvalue weighted by Gasteiger charge is -2.14. The van der Waals surface area contributed by atoms with Crippen LogP contribution in [0, 0.1) is 11.6 Å². The van der Waals surface area contributed by atoms with E-state index in [1.165, 1.54) is 19.1 Å². The number of halogens is 2. The third-order valence-corrected chi connectivity index (χ3v) is 2.47. The number of nitrogens with two attached hydrogens (primary N) is 1. The quantitative estimate of drug-likeness (QED) is 0.828. The zero-order valence-electron chi connectivity index (χ0n) is 11.2. The van der Waals surface area contributed by atoms with Gasteiger partial charge in [-0.2, -0.15) is 0 Å². The van der Waals surface area contributed by atoms with Crippen molar-refractivity contribution in [3.8, 4) is 5.75 Å². The molecule has 6 heteroatoms. The first-order valence-corrected chi connectivity index (χ1v) is 5.98. The van der Waals surface area contributed by atoms with Gasteiger partial charge < -0.3 is 15.8 Å². The fraction of sp³-hybridized carbons (Fsp3) is 0.462. The molecule has 0 fully saturated rings. The van der Waals surface area contributed by atoms with Crippen molar-refractivity contribution >= 4 is 5.91 Å². The zero-order chi connectivity index (χ0) is 14.6. The van der Waals surface area contributed by atoms with E-state index in [2.05, 4.69) is 5.32 Å². The molecule has 1 aromatic rings. The Bertz CT molecular complexity index is 441. The van der Waals surface area contributed by atoms with Crippen LogP contribution in [0.4, 0.5) is 8.78 Å². The highest BCUT2D eigenvalue weighted by atomic mass is 19.1. The fourth-order valence-electron chi connectivity index (χ4n) is 1.38. The van der Waals surface area contributed by atoms with E-state index in [4.69, 9.17) is 10.5 Å². The Morgan fingerprint density at radius 1 is 1.32 bits per heavy atom. The van der Waals surface area contributed by atoms with E-state index in [-0.39, 0.29) is 6.04 Å². The van der Waals surface area contributed by atoms with Crippen LogP contribution in [-0.4, -0.2) is 18.1 Å². The van der Waals surface area contributed by atoms with Crippen LogP contribution in [0.5, 0.6) is 5.75 Å². The number of ether oxygens (including phenoxy) is 1. The van der Waals surface area contributed by atoms with E-state index >= 15 is 0 Å². The minimum Gasteiger partial charge on any atom is -0.475 e. The fourth-order valence-corrected chi connectivity index (χ4v) is 1.38. The summed E-state index contributed by atoms with van der Waals surface area (Å²) in [6.45, 7) is 5.53. The highest BCUT2D eigenvalue weighted by Gasteiger charge is 2.18. The Morgan fingerprint density at radius 3 is 2.26 bits per heavy atom. The van der Waals surface area contributed by atoms with Crippen LogP contribution < -0.4 is 15.8 Å². The van der Waals surface area contributed by atoms with E-state index in [0.29, 0.717) is 12.1 Å². The summed E-state index contributed by atoms with van der Waals surface area (Å²) in [6.07, 6.45) is -1.09. The molecule has 1 atom stereocenters. The van der Waals surface area contributed by atoms with Gasteiger partial charge in [0.1, 0.15) is 0 Å². The number of rotatable bonds is 6. The van der Waals surface area contributed by atoms with Crippen LogP contribution in [-0.2, 0) is 11.3 Å². The predicted octanol–water partition coefficient (Wildman–Crippen LogP) is 1.72. The topological polar surface area (TPSA) is 64.3 Å². The molecule has 0 radical (unpaired) electrons. The van der Waals surface area contributed by atoms with E-state index in [1.807, 2.05) is 13.8 Å². The number of benzene rings is 1. The second kappa shape index (κ2) is 6.47. The van der Waals surface area contributed by atoms with Gasteiger partial charge in [0.15, 0.2) is 23.5 Å². The van der Waals surface area contributed by atoms with Crippen molar-refractivity contribution < 1.29 is 18.3 Å². The number of carbonyl (C=O) groups is 1. The summed E-state index contributed by atoms with van der Waals surface area (Å²) in [4.78, 5) is 10.8. The van der Waals surface area contributed by atoms with Crippen molar-refractivity contribution in [2.45, 2.75) is 39.5 Å². The summed E-state index contributed by atoms with van der Waals surface area (Å²) in [7, 11) is 0. The van der Waals surface area contributed by atoms with Gasteiger partial charge in [-0.3, -0.25) is 4.79 Å². The van der Waals surface area contributed by atoms with Gasteiger partial charge >= 0.3 is 0 Å². The molecule has 3 N–H and O–H groups in total. The van der Waals surface area contributed by atoms with Crippen molar-refractivity contribution in [1.29, 1.82) is 0 Å². The smallest absolute Gasteiger partial charge is 0.258 e. The average Bonchev–Trinajstić information content (AvgIpc) is 2.30. The summed E-state index contributed by atoms with van der Waals surface area (Å²) < 4.78 is 32.3. The third-order valence-electron chi connectivity index (χ3n) is 2.47. The molecule has 0 aliphatic carbocycles. The monoisotopic (exact) mass is 272 g/mol. The molecule has 0 spiro atoms. The van der Waals surface area contributed by atoms with Gasteiger partial charge in [0.05, 0.1) is 0 Å². The van der Waals surface area contributed by atoms with E-state index in [9.17, 15) is 13.6 Å². The molecule has 0 aliphatic rings. The summed E-state index contributed by atoms with van der Waals surface area (Å²) in [5, 5.41) is 3.05. The maximum Gasteiger partial charge on any atom is 0.258 e. The molecule has 19 heavy (non-hydrogen) atoms. The number of hydrogen-bond acceptors (Lipinski definition) is 3. The summed E-state index contributed by atoms with van der Waals surface area (Å²) in [5.74, 6) is -3.08. The highest BCUT2D eigenvalue weighted by Crippen LogP contribution is 2.24. The van der Waals surface area contributed by atoms with Crippen molar-refractivity contribution in [3.05, 3.63) is 29.3 Å². The van der Waals surface area contributed by atoms with Crippen LogP contribution in [0.2, 0.25) is 0 Å². The van der Waals surface area contributed by atoms with Crippen molar-refractivity contribution in [2.24, 2.45) is 5.73 Å². The molecule has 0 bridgehead atoms. The molecule has 106 valence electrons. The van der Waals surface area contributed by atoms with E-state index < -0.39 is 29.4 Å². The van der Waals surface area contributed by atoms with Crippen molar-refractivity contribution in [1.82, 2.24) is 5.32 Å². The summed E-state index contributed by atoms with van der Waals surface area (Å²) in [6, 6.07) is 2.54. The predicted molar refractivity (Wildman–Crippen MR) is 67.6 cm³/mol. The van der Waals surface area contributed by atoms with Crippen molar-refractivity contribution in [3.63, 3.8) is 0 Å². The Hall–Kier alpha value is -1.69. The first kappa shape index (κ1) is 15.4. The molecule has 0 saturated carbocycles. The molecule has 0 aliphatic heterocycles.